The van der Waals surface area contributed by atoms with Gasteiger partial charge in [-0.3, -0.25) is 0 Å². The van der Waals surface area contributed by atoms with Gasteiger partial charge in [-0.15, -0.1) is 0 Å². The first kappa shape index (κ1) is 17.6. The van der Waals surface area contributed by atoms with E-state index in [0.717, 1.165) is 22.4 Å². The second-order valence-corrected chi connectivity index (χ2v) is 7.37. The molecule has 0 aliphatic carbocycles. The maximum atomic E-state index is 9.51. The lowest BCUT2D eigenvalue weighted by Crippen LogP contribution is -2.27. The van der Waals surface area contributed by atoms with E-state index in [9.17, 15) is 5.11 Å². The van der Waals surface area contributed by atoms with Crippen LogP contribution in [0.3, 0.4) is 0 Å². The molecule has 0 unspecified atom stereocenters. The molecule has 6 nitrogen and oxygen atoms in total. The highest BCUT2D eigenvalue weighted by Crippen LogP contribution is 2.27. The molecule has 3 aromatic rings. The smallest absolute Gasteiger partial charge is 0.163 e. The largest absolute Gasteiger partial charge is 0.395 e. The third-order valence-corrected chi connectivity index (χ3v) is 4.15. The summed E-state index contributed by atoms with van der Waals surface area (Å²) in [6.07, 6.45) is 3.34. The van der Waals surface area contributed by atoms with Crippen molar-refractivity contribution in [3.05, 3.63) is 47.4 Å². The molecule has 0 saturated carbocycles. The van der Waals surface area contributed by atoms with Gasteiger partial charge in [0.05, 0.1) is 23.7 Å². The number of hydrogen-bond acceptors (Lipinski definition) is 5. The molecule has 0 aliphatic heterocycles. The normalized spacial score (nSPS) is 11.9. The summed E-state index contributed by atoms with van der Waals surface area (Å²) in [5.41, 5.74) is 1.66. The molecule has 0 saturated heterocycles. The van der Waals surface area contributed by atoms with Crippen LogP contribution in [0.1, 0.15) is 26.3 Å². The predicted molar refractivity (Wildman–Crippen MR) is 99.9 cm³/mol. The van der Waals surface area contributed by atoms with Gasteiger partial charge in [0.15, 0.2) is 5.65 Å². The standard InChI is InChI=1S/C18H22ClN5O/c1-18(2,3)24-17-15(10-22-24)16(20-12-21-17)23(7-8-25)11-13-5-4-6-14(19)9-13/h4-6,9-10,12,25H,7-8,11H2,1-3H3. The number of fused-ring (bicyclic) bond motifs is 1. The zero-order valence-corrected chi connectivity index (χ0v) is 15.4. The maximum absolute atomic E-state index is 9.51. The van der Waals surface area contributed by atoms with E-state index in [2.05, 4.69) is 35.8 Å². The fraction of sp³-hybridized carbons (Fsp3) is 0.389. The van der Waals surface area contributed by atoms with Gasteiger partial charge in [-0.1, -0.05) is 23.7 Å². The quantitative estimate of drug-likeness (QED) is 0.757. The van der Waals surface area contributed by atoms with Crippen molar-refractivity contribution in [2.45, 2.75) is 32.9 Å². The third kappa shape index (κ3) is 3.75. The van der Waals surface area contributed by atoms with Crippen LogP contribution in [0.4, 0.5) is 5.82 Å². The number of hydrogen-bond donors (Lipinski definition) is 1. The van der Waals surface area contributed by atoms with Gasteiger partial charge in [0.2, 0.25) is 0 Å². The Morgan fingerprint density at radius 3 is 2.72 bits per heavy atom. The number of nitrogens with zero attached hydrogens (tertiary/aromatic N) is 5. The summed E-state index contributed by atoms with van der Waals surface area (Å²) in [5, 5.41) is 15.6. The van der Waals surface area contributed by atoms with Gasteiger partial charge in [-0.05, 0) is 38.5 Å². The molecule has 1 aromatic carbocycles. The first-order valence-corrected chi connectivity index (χ1v) is 8.57. The lowest BCUT2D eigenvalue weighted by atomic mass is 10.1. The highest BCUT2D eigenvalue weighted by atomic mass is 35.5. The van der Waals surface area contributed by atoms with E-state index in [4.69, 9.17) is 11.6 Å². The van der Waals surface area contributed by atoms with Crippen molar-refractivity contribution in [3.8, 4) is 0 Å². The van der Waals surface area contributed by atoms with Crippen molar-refractivity contribution in [1.82, 2.24) is 19.7 Å². The van der Waals surface area contributed by atoms with Crippen LogP contribution in [0.25, 0.3) is 11.0 Å². The highest BCUT2D eigenvalue weighted by molar-refractivity contribution is 6.30. The molecular weight excluding hydrogens is 338 g/mol. The van der Waals surface area contributed by atoms with Gasteiger partial charge in [0.1, 0.15) is 12.1 Å². The molecule has 132 valence electrons. The molecule has 0 aliphatic rings. The first-order valence-electron chi connectivity index (χ1n) is 8.19. The number of halogens is 1. The van der Waals surface area contributed by atoms with Crippen molar-refractivity contribution in [2.75, 3.05) is 18.1 Å². The summed E-state index contributed by atoms with van der Waals surface area (Å²) in [6.45, 7) is 7.32. The Kier molecular flexibility index (Phi) is 4.92. The second kappa shape index (κ2) is 6.98. The molecule has 0 spiro atoms. The van der Waals surface area contributed by atoms with Gasteiger partial charge in [0.25, 0.3) is 0 Å². The van der Waals surface area contributed by atoms with E-state index in [1.54, 1.807) is 12.5 Å². The van der Waals surface area contributed by atoms with Crippen LogP contribution in [0, 0.1) is 0 Å². The molecule has 2 heterocycles. The summed E-state index contributed by atoms with van der Waals surface area (Å²) >= 11 is 6.09. The van der Waals surface area contributed by atoms with E-state index in [-0.39, 0.29) is 12.1 Å². The van der Waals surface area contributed by atoms with E-state index < -0.39 is 0 Å². The third-order valence-electron chi connectivity index (χ3n) is 3.91. The maximum Gasteiger partial charge on any atom is 0.163 e. The summed E-state index contributed by atoms with van der Waals surface area (Å²) in [7, 11) is 0. The van der Waals surface area contributed by atoms with Gasteiger partial charge in [0, 0.05) is 18.1 Å². The number of aliphatic hydroxyl groups is 1. The van der Waals surface area contributed by atoms with Gasteiger partial charge >= 0.3 is 0 Å². The Hall–Kier alpha value is -2.18. The lowest BCUT2D eigenvalue weighted by molar-refractivity contribution is 0.301. The molecule has 0 fully saturated rings. The van der Waals surface area contributed by atoms with Crippen molar-refractivity contribution >= 4 is 28.5 Å². The highest BCUT2D eigenvalue weighted by Gasteiger charge is 2.21. The van der Waals surface area contributed by atoms with Gasteiger partial charge < -0.3 is 10.0 Å². The Morgan fingerprint density at radius 2 is 2.04 bits per heavy atom. The molecule has 2 aromatic heterocycles. The van der Waals surface area contributed by atoms with Crippen molar-refractivity contribution < 1.29 is 5.11 Å². The van der Waals surface area contributed by atoms with E-state index in [1.165, 1.54) is 0 Å². The zero-order chi connectivity index (χ0) is 18.0. The minimum Gasteiger partial charge on any atom is -0.395 e. The summed E-state index contributed by atoms with van der Waals surface area (Å²) in [5.74, 6) is 0.759. The number of rotatable bonds is 5. The van der Waals surface area contributed by atoms with E-state index in [0.29, 0.717) is 18.1 Å². The average molecular weight is 360 g/mol. The van der Waals surface area contributed by atoms with Crippen LogP contribution in [0.2, 0.25) is 5.02 Å². The van der Waals surface area contributed by atoms with Crippen LogP contribution in [0.15, 0.2) is 36.8 Å². The van der Waals surface area contributed by atoms with E-state index >= 15 is 0 Å². The second-order valence-electron chi connectivity index (χ2n) is 6.94. The molecule has 7 heteroatoms. The van der Waals surface area contributed by atoms with Gasteiger partial charge in [-0.2, -0.15) is 5.10 Å². The Balaban J connectivity index is 2.03. The minimum absolute atomic E-state index is 0.0273. The van der Waals surface area contributed by atoms with Crippen LogP contribution in [0.5, 0.6) is 0 Å². The van der Waals surface area contributed by atoms with Crippen LogP contribution < -0.4 is 4.90 Å². The number of benzene rings is 1. The van der Waals surface area contributed by atoms with Crippen molar-refractivity contribution in [1.29, 1.82) is 0 Å². The van der Waals surface area contributed by atoms with Crippen LogP contribution in [-0.2, 0) is 12.1 Å². The summed E-state index contributed by atoms with van der Waals surface area (Å²) < 4.78 is 1.89. The SMILES string of the molecule is CC(C)(C)n1ncc2c(N(CCO)Cc3cccc(Cl)c3)ncnc21. The first-order chi connectivity index (χ1) is 11.9. The number of aliphatic hydroxyl groups excluding tert-OH is 1. The molecular formula is C18H22ClN5O. The number of anilines is 1. The molecule has 1 N–H and O–H groups in total. The van der Waals surface area contributed by atoms with E-state index in [1.807, 2.05) is 33.8 Å². The fourth-order valence-corrected chi connectivity index (χ4v) is 3.02. The Bertz CT molecular complexity index is 871. The Morgan fingerprint density at radius 1 is 1.24 bits per heavy atom. The fourth-order valence-electron chi connectivity index (χ4n) is 2.81. The number of aromatic nitrogens is 4. The molecule has 0 radical (unpaired) electrons. The Labute approximate surface area is 152 Å². The van der Waals surface area contributed by atoms with Crippen LogP contribution >= 0.6 is 11.6 Å². The van der Waals surface area contributed by atoms with Crippen molar-refractivity contribution in [2.24, 2.45) is 0 Å². The molecule has 0 bridgehead atoms. The topological polar surface area (TPSA) is 67.1 Å². The molecule has 25 heavy (non-hydrogen) atoms. The molecule has 0 amide bonds. The van der Waals surface area contributed by atoms with Crippen LogP contribution in [-0.4, -0.2) is 38.0 Å². The minimum atomic E-state index is -0.178. The zero-order valence-electron chi connectivity index (χ0n) is 14.6. The molecule has 3 rings (SSSR count). The average Bonchev–Trinajstić information content (AvgIpc) is 2.99. The molecule has 0 atom stereocenters. The van der Waals surface area contributed by atoms with Gasteiger partial charge in [-0.25, -0.2) is 14.6 Å². The summed E-state index contributed by atoms with van der Waals surface area (Å²) in [4.78, 5) is 10.9. The lowest BCUT2D eigenvalue weighted by Gasteiger charge is -2.24. The van der Waals surface area contributed by atoms with Crippen molar-refractivity contribution in [3.63, 3.8) is 0 Å². The summed E-state index contributed by atoms with van der Waals surface area (Å²) in [6, 6.07) is 7.69. The predicted octanol–water partition coefficient (Wildman–Crippen LogP) is 3.23. The monoisotopic (exact) mass is 359 g/mol.